The Morgan fingerprint density at radius 3 is 3.00 bits per heavy atom. The van der Waals surface area contributed by atoms with Gasteiger partial charge in [-0.15, -0.1) is 11.3 Å². The number of hydrogen-bond donors (Lipinski definition) is 2. The van der Waals surface area contributed by atoms with Crippen LogP contribution < -0.4 is 10.6 Å². The van der Waals surface area contributed by atoms with Gasteiger partial charge in [0.25, 0.3) is 0 Å². The summed E-state index contributed by atoms with van der Waals surface area (Å²) < 4.78 is 0. The van der Waals surface area contributed by atoms with Crippen molar-refractivity contribution in [3.63, 3.8) is 0 Å². The summed E-state index contributed by atoms with van der Waals surface area (Å²) >= 11 is 1.46. The zero-order valence-electron chi connectivity index (χ0n) is 8.82. The second-order valence-corrected chi connectivity index (χ2v) is 4.99. The first-order valence-electron chi connectivity index (χ1n) is 5.27. The number of rotatable bonds is 5. The second kappa shape index (κ2) is 5.10. The van der Waals surface area contributed by atoms with Gasteiger partial charge in [0.15, 0.2) is 0 Å². The van der Waals surface area contributed by atoms with Crippen molar-refractivity contribution in [2.24, 2.45) is 0 Å². The van der Waals surface area contributed by atoms with E-state index in [1.165, 1.54) is 11.3 Å². The molecule has 0 spiro atoms. The van der Waals surface area contributed by atoms with Crippen LogP contribution >= 0.6 is 11.3 Å². The lowest BCUT2D eigenvalue weighted by Crippen LogP contribution is -2.34. The van der Waals surface area contributed by atoms with Crippen molar-refractivity contribution < 1.29 is 4.79 Å². The average molecular weight is 235 g/mol. The fourth-order valence-electron chi connectivity index (χ4n) is 1.34. The third kappa shape index (κ3) is 3.33. The molecular weight excluding hydrogens is 222 g/mol. The summed E-state index contributed by atoms with van der Waals surface area (Å²) in [6, 6.07) is 6.22. The normalized spacial score (nSPS) is 14.4. The summed E-state index contributed by atoms with van der Waals surface area (Å²) in [6.45, 7) is 0.987. The lowest BCUT2D eigenvalue weighted by molar-refractivity contribution is -0.120. The van der Waals surface area contributed by atoms with Crippen molar-refractivity contribution in [3.8, 4) is 6.07 Å². The van der Waals surface area contributed by atoms with Gasteiger partial charge >= 0.3 is 0 Å². The quantitative estimate of drug-likeness (QED) is 0.800. The van der Waals surface area contributed by atoms with E-state index < -0.39 is 0 Å². The maximum atomic E-state index is 11.3. The fourth-order valence-corrected chi connectivity index (χ4v) is 2.11. The molecule has 0 bridgehead atoms. The van der Waals surface area contributed by atoms with Gasteiger partial charge in [-0.05, 0) is 25.0 Å². The number of hydrogen-bond acceptors (Lipinski definition) is 4. The number of nitrogens with one attached hydrogen (secondary N) is 2. The van der Waals surface area contributed by atoms with E-state index in [-0.39, 0.29) is 5.91 Å². The zero-order valence-corrected chi connectivity index (χ0v) is 9.64. The smallest absolute Gasteiger partial charge is 0.234 e. The molecule has 1 heterocycles. The minimum absolute atomic E-state index is 0.0552. The highest BCUT2D eigenvalue weighted by atomic mass is 32.1. The van der Waals surface area contributed by atoms with Gasteiger partial charge in [0.1, 0.15) is 10.9 Å². The predicted octanol–water partition coefficient (Wildman–Crippen LogP) is 0.988. The molecule has 16 heavy (non-hydrogen) atoms. The average Bonchev–Trinajstić information content (AvgIpc) is 2.96. The highest BCUT2D eigenvalue weighted by Crippen LogP contribution is 2.18. The molecule has 1 aromatic heterocycles. The van der Waals surface area contributed by atoms with E-state index in [4.69, 9.17) is 5.26 Å². The topological polar surface area (TPSA) is 64.9 Å². The number of nitrogens with zero attached hydrogens (tertiary/aromatic N) is 1. The van der Waals surface area contributed by atoms with Crippen LogP contribution in [-0.2, 0) is 11.3 Å². The van der Waals surface area contributed by atoms with Crippen molar-refractivity contribution in [2.75, 3.05) is 6.54 Å². The molecule has 1 aliphatic rings. The Bertz CT molecular complexity index is 417. The summed E-state index contributed by atoms with van der Waals surface area (Å²) in [7, 11) is 0. The van der Waals surface area contributed by atoms with Crippen molar-refractivity contribution in [1.82, 2.24) is 10.6 Å². The number of thiophene rings is 1. The van der Waals surface area contributed by atoms with E-state index in [1.54, 1.807) is 6.07 Å². The molecule has 4 nitrogen and oxygen atoms in total. The molecule has 0 unspecified atom stereocenters. The Kier molecular flexibility index (Phi) is 3.54. The van der Waals surface area contributed by atoms with E-state index in [2.05, 4.69) is 16.7 Å². The first kappa shape index (κ1) is 11.1. The van der Waals surface area contributed by atoms with Gasteiger partial charge < -0.3 is 10.6 Å². The Morgan fingerprint density at radius 1 is 1.56 bits per heavy atom. The Balaban J connectivity index is 1.67. The molecule has 5 heteroatoms. The van der Waals surface area contributed by atoms with Crippen molar-refractivity contribution in [3.05, 3.63) is 21.9 Å². The van der Waals surface area contributed by atoms with Gasteiger partial charge in [-0.3, -0.25) is 4.79 Å². The molecule has 1 aromatic rings. The Labute approximate surface area is 98.3 Å². The van der Waals surface area contributed by atoms with Crippen molar-refractivity contribution in [2.45, 2.75) is 25.4 Å². The first-order chi connectivity index (χ1) is 7.78. The third-order valence-electron chi connectivity index (χ3n) is 2.30. The van der Waals surface area contributed by atoms with E-state index in [1.807, 2.05) is 6.07 Å². The van der Waals surface area contributed by atoms with Crippen LogP contribution in [0.3, 0.4) is 0 Å². The molecule has 1 amide bonds. The maximum absolute atomic E-state index is 11.3. The molecule has 1 aliphatic carbocycles. The van der Waals surface area contributed by atoms with Gasteiger partial charge in [-0.25, -0.2) is 0 Å². The van der Waals surface area contributed by atoms with Gasteiger partial charge in [0, 0.05) is 17.5 Å². The minimum Gasteiger partial charge on any atom is -0.352 e. The third-order valence-corrected chi connectivity index (χ3v) is 3.29. The van der Waals surface area contributed by atoms with E-state index in [0.717, 1.165) is 17.7 Å². The predicted molar refractivity (Wildman–Crippen MR) is 61.9 cm³/mol. The SMILES string of the molecule is N#Cc1ccc(CNCC(=O)NC2CC2)s1. The van der Waals surface area contributed by atoms with Crippen LogP contribution in [0.25, 0.3) is 0 Å². The summed E-state index contributed by atoms with van der Waals surface area (Å²) in [6.07, 6.45) is 2.23. The van der Waals surface area contributed by atoms with Gasteiger partial charge in [0.05, 0.1) is 6.54 Å². The monoisotopic (exact) mass is 235 g/mol. The summed E-state index contributed by atoms with van der Waals surface area (Å²) in [5.74, 6) is 0.0552. The molecular formula is C11H13N3OS. The maximum Gasteiger partial charge on any atom is 0.234 e. The highest BCUT2D eigenvalue weighted by Gasteiger charge is 2.22. The molecule has 1 fully saturated rings. The molecule has 2 N–H and O–H groups in total. The molecule has 0 atom stereocenters. The summed E-state index contributed by atoms with van der Waals surface area (Å²) in [5, 5.41) is 14.6. The van der Waals surface area contributed by atoms with Crippen molar-refractivity contribution in [1.29, 1.82) is 5.26 Å². The lowest BCUT2D eigenvalue weighted by Gasteiger charge is -2.03. The molecule has 0 radical (unpaired) electrons. The van der Waals surface area contributed by atoms with E-state index in [0.29, 0.717) is 24.0 Å². The van der Waals surface area contributed by atoms with Crippen LogP contribution in [-0.4, -0.2) is 18.5 Å². The zero-order chi connectivity index (χ0) is 11.4. The Morgan fingerprint density at radius 2 is 2.38 bits per heavy atom. The molecule has 84 valence electrons. The van der Waals surface area contributed by atoms with Crippen LogP contribution in [0.2, 0.25) is 0 Å². The molecule has 0 aromatic carbocycles. The van der Waals surface area contributed by atoms with Crippen LogP contribution in [0.5, 0.6) is 0 Å². The van der Waals surface area contributed by atoms with Crippen LogP contribution in [0.1, 0.15) is 22.6 Å². The highest BCUT2D eigenvalue weighted by molar-refractivity contribution is 7.12. The van der Waals surface area contributed by atoms with E-state index in [9.17, 15) is 4.79 Å². The summed E-state index contributed by atoms with van der Waals surface area (Å²) in [5.41, 5.74) is 0. The van der Waals surface area contributed by atoms with Crippen LogP contribution in [0.4, 0.5) is 0 Å². The van der Waals surface area contributed by atoms with Crippen LogP contribution in [0.15, 0.2) is 12.1 Å². The number of carbonyl (C=O) groups excluding carboxylic acids is 1. The number of carbonyl (C=O) groups is 1. The standard InChI is InChI=1S/C11H13N3OS/c12-5-9-3-4-10(16-9)6-13-7-11(15)14-8-1-2-8/h3-4,8,13H,1-2,6-7H2,(H,14,15). The molecule has 2 rings (SSSR count). The lowest BCUT2D eigenvalue weighted by atomic mass is 10.4. The molecule has 0 aliphatic heterocycles. The summed E-state index contributed by atoms with van der Waals surface area (Å²) in [4.78, 5) is 13.1. The number of amides is 1. The Hall–Kier alpha value is -1.38. The van der Waals surface area contributed by atoms with Gasteiger partial charge in [0.2, 0.25) is 5.91 Å². The fraction of sp³-hybridized carbons (Fsp3) is 0.455. The minimum atomic E-state index is 0.0552. The van der Waals surface area contributed by atoms with Gasteiger partial charge in [-0.2, -0.15) is 5.26 Å². The largest absolute Gasteiger partial charge is 0.352 e. The van der Waals surface area contributed by atoms with E-state index >= 15 is 0 Å². The second-order valence-electron chi connectivity index (χ2n) is 3.82. The van der Waals surface area contributed by atoms with Crippen LogP contribution in [0, 0.1) is 11.3 Å². The van der Waals surface area contributed by atoms with Gasteiger partial charge in [-0.1, -0.05) is 0 Å². The number of nitriles is 1. The first-order valence-corrected chi connectivity index (χ1v) is 6.08. The molecule has 1 saturated carbocycles. The molecule has 0 saturated heterocycles. The van der Waals surface area contributed by atoms with Crippen molar-refractivity contribution >= 4 is 17.2 Å².